The molecule has 0 saturated heterocycles. The number of unbranched alkanes of at least 4 members (excludes halogenated alkanes) is 6. The summed E-state index contributed by atoms with van der Waals surface area (Å²) in [5.74, 6) is 0. The van der Waals surface area contributed by atoms with Crippen LogP contribution in [0, 0.1) is 0 Å². The van der Waals surface area contributed by atoms with Crippen molar-refractivity contribution in [1.29, 1.82) is 0 Å². The van der Waals surface area contributed by atoms with Gasteiger partial charge in [-0.1, -0.05) is 137 Å². The van der Waals surface area contributed by atoms with Gasteiger partial charge in [0.25, 0.3) is 0 Å². The zero-order valence-electron chi connectivity index (χ0n) is 30.7. The lowest BCUT2D eigenvalue weighted by Gasteiger charge is -2.13. The normalized spacial score (nSPS) is 12.3. The Labute approximate surface area is 334 Å². The molecule has 0 atom stereocenters. The molecule has 0 aliphatic carbocycles. The molecule has 0 amide bonds. The summed E-state index contributed by atoms with van der Waals surface area (Å²) in [6.07, 6.45) is 22.1. The fourth-order valence-electron chi connectivity index (χ4n) is 7.37. The molecule has 0 radical (unpaired) electrons. The van der Waals surface area contributed by atoms with Crippen LogP contribution < -0.4 is 0 Å². The van der Waals surface area contributed by atoms with Crippen molar-refractivity contribution in [2.24, 2.45) is 0 Å². The third kappa shape index (κ3) is 8.02. The van der Waals surface area contributed by atoms with Crippen molar-refractivity contribution in [3.05, 3.63) is 128 Å². The fraction of sp³-hybridized carbons (Fsp3) is 0.250. The molecule has 4 aromatic heterocycles. The summed E-state index contributed by atoms with van der Waals surface area (Å²) in [5.41, 5.74) is 8.09. The van der Waals surface area contributed by atoms with E-state index in [0.29, 0.717) is 0 Å². The average Bonchev–Trinajstić information content (AvgIpc) is 4.03. The Morgan fingerprint density at radius 2 is 0.811 bits per heavy atom. The van der Waals surface area contributed by atoms with E-state index in [1.165, 1.54) is 148 Å². The van der Waals surface area contributed by atoms with Gasteiger partial charge in [0.05, 0.1) is 0 Å². The molecule has 0 fully saturated rings. The van der Waals surface area contributed by atoms with E-state index in [0.717, 1.165) is 0 Å². The summed E-state index contributed by atoms with van der Waals surface area (Å²) < 4.78 is 5.51. The predicted molar refractivity (Wildman–Crippen MR) is 245 cm³/mol. The molecular formula is C48H46S5. The largest absolute Gasteiger partial charge is 0.143 e. The van der Waals surface area contributed by atoms with Crippen LogP contribution in [-0.2, 0) is 12.8 Å². The van der Waals surface area contributed by atoms with Gasteiger partial charge in [0, 0.05) is 61.3 Å². The molecule has 5 heteroatoms. The monoisotopic (exact) mass is 782 g/mol. The number of aryl methyl sites for hydroxylation is 2. The number of hydrogen-bond acceptors (Lipinski definition) is 5. The molecule has 0 aliphatic rings. The molecule has 53 heavy (non-hydrogen) atoms. The number of rotatable bonds is 16. The van der Waals surface area contributed by atoms with E-state index in [-0.39, 0.29) is 0 Å². The highest BCUT2D eigenvalue weighted by molar-refractivity contribution is 8.00. The van der Waals surface area contributed by atoms with E-state index in [9.17, 15) is 0 Å². The molecule has 0 aliphatic heterocycles. The van der Waals surface area contributed by atoms with E-state index in [2.05, 4.69) is 132 Å². The van der Waals surface area contributed by atoms with Crippen molar-refractivity contribution in [3.63, 3.8) is 0 Å². The second kappa shape index (κ2) is 17.3. The van der Waals surface area contributed by atoms with Gasteiger partial charge in [-0.15, -0.1) is 45.3 Å². The molecule has 0 spiro atoms. The van der Waals surface area contributed by atoms with Crippen molar-refractivity contribution < 1.29 is 0 Å². The van der Waals surface area contributed by atoms with Crippen molar-refractivity contribution in [3.8, 4) is 0 Å². The maximum atomic E-state index is 2.36. The summed E-state index contributed by atoms with van der Waals surface area (Å²) >= 11 is 9.46. The zero-order chi connectivity index (χ0) is 36.0. The van der Waals surface area contributed by atoms with Crippen molar-refractivity contribution in [2.75, 3.05) is 0 Å². The van der Waals surface area contributed by atoms with Gasteiger partial charge in [0.1, 0.15) is 0 Å². The van der Waals surface area contributed by atoms with Gasteiger partial charge in [0.15, 0.2) is 0 Å². The van der Waals surface area contributed by atoms with Crippen LogP contribution in [0.5, 0.6) is 0 Å². The third-order valence-electron chi connectivity index (χ3n) is 10.3. The van der Waals surface area contributed by atoms with E-state index in [4.69, 9.17) is 0 Å². The summed E-state index contributed by atoms with van der Waals surface area (Å²) in [4.78, 5) is 2.77. The van der Waals surface area contributed by atoms with Gasteiger partial charge in [-0.25, -0.2) is 0 Å². The first-order valence-corrected chi connectivity index (χ1v) is 23.6. The average molecular weight is 783 g/mol. The van der Waals surface area contributed by atoms with Gasteiger partial charge in [-0.3, -0.25) is 0 Å². The zero-order valence-corrected chi connectivity index (χ0v) is 34.7. The minimum absolute atomic E-state index is 1.18. The predicted octanol–water partition coefficient (Wildman–Crippen LogP) is 17.3. The van der Waals surface area contributed by atoms with Gasteiger partial charge >= 0.3 is 0 Å². The Bertz CT molecular complexity index is 2220. The van der Waals surface area contributed by atoms with Crippen LogP contribution in [0.15, 0.2) is 104 Å². The van der Waals surface area contributed by atoms with Crippen LogP contribution in [0.1, 0.15) is 98.6 Å². The summed E-state index contributed by atoms with van der Waals surface area (Å²) in [7, 11) is 0. The highest BCUT2D eigenvalue weighted by Crippen LogP contribution is 2.51. The van der Waals surface area contributed by atoms with Crippen molar-refractivity contribution in [2.45, 2.75) is 87.8 Å². The summed E-state index contributed by atoms with van der Waals surface area (Å²) in [5, 5.41) is 14.5. The third-order valence-corrected chi connectivity index (χ3v) is 15.6. The molecule has 8 aromatic rings. The standard InChI is InChI=1S/C48H46S5/c1-3-5-7-9-11-33-13-17-35(18-14-33)21-23-37-39-25-29-51-45(39)47(41-27-31-49-43(37)41)53-48-42-28-32-50-44(42)38(40-26-30-52-46(40)48)24-22-36-19-15-34(16-20-36)12-10-8-6-4-2/h13-32H,3-12H2,1-2H3/b23-21+,24-22+. The molecule has 0 N–H and O–H groups in total. The van der Waals surface area contributed by atoms with Gasteiger partial charge in [0.2, 0.25) is 0 Å². The second-order valence-corrected chi connectivity index (χ2v) is 18.7. The molecule has 0 unspecified atom stereocenters. The highest BCUT2D eigenvalue weighted by Gasteiger charge is 2.21. The first kappa shape index (κ1) is 36.5. The lowest BCUT2D eigenvalue weighted by Crippen LogP contribution is -1.86. The molecule has 4 aromatic carbocycles. The summed E-state index contributed by atoms with van der Waals surface area (Å²) in [6.45, 7) is 4.55. The molecule has 4 heterocycles. The molecule has 0 bridgehead atoms. The fourth-order valence-corrected chi connectivity index (χ4v) is 12.8. The smallest absolute Gasteiger partial charge is 0.0495 e. The first-order valence-electron chi connectivity index (χ1n) is 19.2. The van der Waals surface area contributed by atoms with Crippen molar-refractivity contribution >= 4 is 122 Å². The molecule has 8 rings (SSSR count). The maximum absolute atomic E-state index is 2.36. The topological polar surface area (TPSA) is 0 Å². The van der Waals surface area contributed by atoms with E-state index in [1.807, 2.05) is 57.1 Å². The summed E-state index contributed by atoms with van der Waals surface area (Å²) in [6, 6.07) is 27.8. The Balaban J connectivity index is 1.09. The molecular weight excluding hydrogens is 737 g/mol. The Kier molecular flexibility index (Phi) is 12.0. The quantitative estimate of drug-likeness (QED) is 0.0695. The lowest BCUT2D eigenvalue weighted by atomic mass is 10.0. The number of fused-ring (bicyclic) bond motifs is 4. The Hall–Kier alpha value is -3.45. The lowest BCUT2D eigenvalue weighted by molar-refractivity contribution is 0.667. The first-order chi connectivity index (χ1) is 26.2. The van der Waals surface area contributed by atoms with Gasteiger partial charge in [-0.2, -0.15) is 0 Å². The Morgan fingerprint density at radius 3 is 1.23 bits per heavy atom. The van der Waals surface area contributed by atoms with Crippen LogP contribution in [0.4, 0.5) is 0 Å². The minimum Gasteiger partial charge on any atom is -0.143 e. The number of hydrogen-bond donors (Lipinski definition) is 0. The van der Waals surface area contributed by atoms with Gasteiger partial charge in [-0.05, 0) is 93.7 Å². The number of thiophene rings is 4. The second-order valence-electron chi connectivity index (χ2n) is 14.0. The molecule has 268 valence electrons. The number of benzene rings is 4. The maximum Gasteiger partial charge on any atom is 0.0495 e. The van der Waals surface area contributed by atoms with Crippen LogP contribution in [-0.4, -0.2) is 0 Å². The van der Waals surface area contributed by atoms with E-state index < -0.39 is 0 Å². The van der Waals surface area contributed by atoms with Crippen LogP contribution in [0.25, 0.3) is 64.6 Å². The van der Waals surface area contributed by atoms with Gasteiger partial charge < -0.3 is 0 Å². The van der Waals surface area contributed by atoms with Crippen LogP contribution in [0.2, 0.25) is 0 Å². The molecule has 0 saturated carbocycles. The van der Waals surface area contributed by atoms with Crippen LogP contribution in [0.3, 0.4) is 0 Å². The minimum atomic E-state index is 1.18. The SMILES string of the molecule is CCCCCCc1ccc(/C=C/c2c3ccsc3c(Sc3c4ccsc4c(/C=C/c4ccc(CCCCCC)cc4)c4ccsc34)c3ccsc23)cc1. The Morgan fingerprint density at radius 1 is 0.415 bits per heavy atom. The van der Waals surface area contributed by atoms with E-state index in [1.54, 1.807) is 0 Å². The molecule has 0 nitrogen and oxygen atoms in total. The highest BCUT2D eigenvalue weighted by atomic mass is 32.2. The van der Waals surface area contributed by atoms with Crippen LogP contribution >= 0.6 is 57.1 Å². The van der Waals surface area contributed by atoms with Crippen molar-refractivity contribution in [1.82, 2.24) is 0 Å². The van der Waals surface area contributed by atoms with E-state index >= 15 is 0 Å².